The lowest BCUT2D eigenvalue weighted by molar-refractivity contribution is 0.340. The van der Waals surface area contributed by atoms with Crippen molar-refractivity contribution in [2.75, 3.05) is 16.6 Å². The van der Waals surface area contributed by atoms with E-state index in [-0.39, 0.29) is 10.7 Å². The molecule has 0 saturated carbocycles. The topological polar surface area (TPSA) is 93.2 Å². The molecule has 7 nitrogen and oxygen atoms in total. The van der Waals surface area contributed by atoms with Crippen LogP contribution in [0.25, 0.3) is 0 Å². The molecule has 0 aliphatic carbocycles. The van der Waals surface area contributed by atoms with E-state index >= 15 is 0 Å². The molecule has 0 aliphatic heterocycles. The highest BCUT2D eigenvalue weighted by Gasteiger charge is 2.15. The number of ether oxygens (including phenoxy) is 1. The van der Waals surface area contributed by atoms with E-state index in [1.807, 2.05) is 32.9 Å². The number of hydrogen-bond acceptors (Lipinski definition) is 6. The van der Waals surface area contributed by atoms with Crippen molar-refractivity contribution in [2.45, 2.75) is 25.7 Å². The Kier molecular flexibility index (Phi) is 5.79. The number of hydrogen-bond donors (Lipinski definition) is 2. The van der Waals surface area contributed by atoms with E-state index in [2.05, 4.69) is 26.3 Å². The minimum absolute atomic E-state index is 0.121. The number of nitrogens with one attached hydrogen (secondary N) is 2. The standard InChI is InChI=1S/C20H22N4O3S/c1-4-27-17-5-7-18(8-6-17)28(25,26)24-20-10-9-19(22-23-20)21-16-12-14(2)11-15(3)13-16/h5-13H,4H2,1-3H3,(H,21,22)(H,23,24). The summed E-state index contributed by atoms with van der Waals surface area (Å²) in [4.78, 5) is 0.121. The van der Waals surface area contributed by atoms with Crippen LogP contribution in [0.1, 0.15) is 18.1 Å². The lowest BCUT2D eigenvalue weighted by atomic mass is 10.1. The fraction of sp³-hybridized carbons (Fsp3) is 0.200. The van der Waals surface area contributed by atoms with Gasteiger partial charge in [0.15, 0.2) is 11.6 Å². The van der Waals surface area contributed by atoms with Crippen LogP contribution in [0.2, 0.25) is 0 Å². The van der Waals surface area contributed by atoms with Gasteiger partial charge in [0.2, 0.25) is 0 Å². The van der Waals surface area contributed by atoms with Crippen molar-refractivity contribution in [2.24, 2.45) is 0 Å². The van der Waals surface area contributed by atoms with Crippen LogP contribution in [0.4, 0.5) is 17.3 Å². The van der Waals surface area contributed by atoms with Gasteiger partial charge in [-0.25, -0.2) is 8.42 Å². The Balaban J connectivity index is 1.70. The number of sulfonamides is 1. The van der Waals surface area contributed by atoms with Crippen molar-refractivity contribution in [1.82, 2.24) is 10.2 Å². The molecule has 0 aliphatic rings. The van der Waals surface area contributed by atoms with Crippen molar-refractivity contribution < 1.29 is 13.2 Å². The summed E-state index contributed by atoms with van der Waals surface area (Å²) in [6, 6.07) is 15.5. The predicted molar refractivity (Wildman–Crippen MR) is 110 cm³/mol. The van der Waals surface area contributed by atoms with E-state index in [1.165, 1.54) is 12.1 Å². The van der Waals surface area contributed by atoms with Gasteiger partial charge in [-0.1, -0.05) is 6.07 Å². The fourth-order valence-corrected chi connectivity index (χ4v) is 3.72. The molecule has 0 fully saturated rings. The number of nitrogens with zero attached hydrogens (tertiary/aromatic N) is 2. The van der Waals surface area contributed by atoms with Gasteiger partial charge in [-0.2, -0.15) is 0 Å². The van der Waals surface area contributed by atoms with Gasteiger partial charge in [-0.05, 0) is 80.4 Å². The first-order valence-electron chi connectivity index (χ1n) is 8.80. The molecule has 3 aromatic rings. The van der Waals surface area contributed by atoms with Crippen molar-refractivity contribution in [3.8, 4) is 5.75 Å². The molecule has 0 atom stereocenters. The highest BCUT2D eigenvalue weighted by Crippen LogP contribution is 2.20. The summed E-state index contributed by atoms with van der Waals surface area (Å²) in [5.41, 5.74) is 3.17. The lowest BCUT2D eigenvalue weighted by Crippen LogP contribution is -2.14. The number of benzene rings is 2. The van der Waals surface area contributed by atoms with Crippen molar-refractivity contribution in [3.05, 3.63) is 65.7 Å². The second kappa shape index (κ2) is 8.26. The third-order valence-electron chi connectivity index (χ3n) is 3.84. The van der Waals surface area contributed by atoms with Crippen molar-refractivity contribution >= 4 is 27.3 Å². The maximum atomic E-state index is 12.5. The Morgan fingerprint density at radius 2 is 1.50 bits per heavy atom. The van der Waals surface area contributed by atoms with Gasteiger partial charge in [0.05, 0.1) is 11.5 Å². The quantitative estimate of drug-likeness (QED) is 0.624. The van der Waals surface area contributed by atoms with Gasteiger partial charge in [-0.15, -0.1) is 10.2 Å². The monoisotopic (exact) mass is 398 g/mol. The normalized spacial score (nSPS) is 11.1. The largest absolute Gasteiger partial charge is 0.494 e. The van der Waals surface area contributed by atoms with E-state index in [9.17, 15) is 8.42 Å². The first-order valence-corrected chi connectivity index (χ1v) is 10.3. The maximum absolute atomic E-state index is 12.5. The van der Waals surface area contributed by atoms with Gasteiger partial charge in [-0.3, -0.25) is 4.72 Å². The van der Waals surface area contributed by atoms with Gasteiger partial charge in [0.25, 0.3) is 10.0 Å². The van der Waals surface area contributed by atoms with E-state index < -0.39 is 10.0 Å². The zero-order chi connectivity index (χ0) is 20.1. The van der Waals surface area contributed by atoms with Crippen LogP contribution in [-0.2, 0) is 10.0 Å². The van der Waals surface area contributed by atoms with Gasteiger partial charge in [0, 0.05) is 5.69 Å². The second-order valence-electron chi connectivity index (χ2n) is 6.32. The third kappa shape index (κ3) is 4.98. The maximum Gasteiger partial charge on any atom is 0.263 e. The second-order valence-corrected chi connectivity index (χ2v) is 8.00. The van der Waals surface area contributed by atoms with Gasteiger partial charge in [0.1, 0.15) is 5.75 Å². The summed E-state index contributed by atoms with van der Waals surface area (Å²) in [7, 11) is -3.76. The summed E-state index contributed by atoms with van der Waals surface area (Å²) >= 11 is 0. The first kappa shape index (κ1) is 19.6. The molecular weight excluding hydrogens is 376 g/mol. The van der Waals surface area contributed by atoms with E-state index in [0.29, 0.717) is 18.2 Å². The molecule has 2 aromatic carbocycles. The number of anilines is 3. The molecule has 0 spiro atoms. The molecule has 0 bridgehead atoms. The number of aryl methyl sites for hydroxylation is 2. The summed E-state index contributed by atoms with van der Waals surface area (Å²) in [6.45, 7) is 6.41. The Morgan fingerprint density at radius 3 is 2.07 bits per heavy atom. The highest BCUT2D eigenvalue weighted by molar-refractivity contribution is 7.92. The minimum atomic E-state index is -3.76. The molecule has 8 heteroatoms. The lowest BCUT2D eigenvalue weighted by Gasteiger charge is -2.10. The Labute approximate surface area is 164 Å². The molecule has 1 aromatic heterocycles. The summed E-state index contributed by atoms with van der Waals surface area (Å²) in [5.74, 6) is 1.27. The molecule has 1 heterocycles. The third-order valence-corrected chi connectivity index (χ3v) is 5.21. The Morgan fingerprint density at radius 1 is 0.893 bits per heavy atom. The molecule has 28 heavy (non-hydrogen) atoms. The highest BCUT2D eigenvalue weighted by atomic mass is 32.2. The molecule has 2 N–H and O–H groups in total. The SMILES string of the molecule is CCOc1ccc(S(=O)(=O)Nc2ccc(Nc3cc(C)cc(C)c3)nn2)cc1. The van der Waals surface area contributed by atoms with E-state index in [4.69, 9.17) is 4.74 Å². The molecule has 0 radical (unpaired) electrons. The first-order chi connectivity index (χ1) is 13.4. The van der Waals surface area contributed by atoms with Crippen LogP contribution in [0.5, 0.6) is 5.75 Å². The molecular formula is C20H22N4O3S. The Hall–Kier alpha value is -3.13. The molecule has 0 saturated heterocycles. The van der Waals surface area contributed by atoms with Crippen LogP contribution in [0, 0.1) is 13.8 Å². The van der Waals surface area contributed by atoms with Crippen LogP contribution in [0.3, 0.4) is 0 Å². The zero-order valence-electron chi connectivity index (χ0n) is 15.9. The number of rotatable bonds is 7. The molecule has 0 unspecified atom stereocenters. The summed E-state index contributed by atoms with van der Waals surface area (Å²) in [6.07, 6.45) is 0. The van der Waals surface area contributed by atoms with Crippen LogP contribution < -0.4 is 14.8 Å². The van der Waals surface area contributed by atoms with E-state index in [1.54, 1.807) is 24.3 Å². The van der Waals surface area contributed by atoms with Crippen LogP contribution >= 0.6 is 0 Å². The zero-order valence-corrected chi connectivity index (χ0v) is 16.7. The fourth-order valence-electron chi connectivity index (χ4n) is 2.73. The summed E-state index contributed by atoms with van der Waals surface area (Å²) in [5, 5.41) is 11.2. The predicted octanol–water partition coefficient (Wildman–Crippen LogP) is 4.04. The summed E-state index contributed by atoms with van der Waals surface area (Å²) < 4.78 is 32.7. The smallest absolute Gasteiger partial charge is 0.263 e. The van der Waals surface area contributed by atoms with Gasteiger partial charge < -0.3 is 10.1 Å². The molecule has 3 rings (SSSR count). The minimum Gasteiger partial charge on any atom is -0.494 e. The number of aromatic nitrogens is 2. The molecule has 0 amide bonds. The van der Waals surface area contributed by atoms with Gasteiger partial charge >= 0.3 is 0 Å². The van der Waals surface area contributed by atoms with Crippen molar-refractivity contribution in [3.63, 3.8) is 0 Å². The average molecular weight is 398 g/mol. The van der Waals surface area contributed by atoms with E-state index in [0.717, 1.165) is 16.8 Å². The van der Waals surface area contributed by atoms with Crippen LogP contribution in [0.15, 0.2) is 59.5 Å². The molecule has 146 valence electrons. The Bertz CT molecular complexity index is 1030. The van der Waals surface area contributed by atoms with Crippen molar-refractivity contribution in [1.29, 1.82) is 0 Å². The van der Waals surface area contributed by atoms with Crippen LogP contribution in [-0.4, -0.2) is 25.2 Å². The average Bonchev–Trinajstić information content (AvgIpc) is 2.63.